The molecule has 1 heterocycles. The van der Waals surface area contributed by atoms with Crippen LogP contribution in [0.2, 0.25) is 0 Å². The number of benzene rings is 1. The Morgan fingerprint density at radius 2 is 2.18 bits per heavy atom. The minimum absolute atomic E-state index is 0.310. The highest BCUT2D eigenvalue weighted by Gasteiger charge is 2.19. The molecule has 5 nitrogen and oxygen atoms in total. The van der Waals surface area contributed by atoms with E-state index >= 15 is 0 Å². The zero-order valence-electron chi connectivity index (χ0n) is 9.52. The third-order valence-corrected chi connectivity index (χ3v) is 2.75. The highest BCUT2D eigenvalue weighted by Crippen LogP contribution is 2.31. The minimum Gasteiger partial charge on any atom is -0.495 e. The fourth-order valence-corrected chi connectivity index (χ4v) is 1.82. The lowest BCUT2D eigenvalue weighted by molar-refractivity contribution is -0.146. The number of ether oxygens (including phenoxy) is 1. The summed E-state index contributed by atoms with van der Waals surface area (Å²) in [6, 6.07) is 3.18. The van der Waals surface area contributed by atoms with Crippen LogP contribution in [0.4, 0.5) is 0 Å². The molecule has 0 radical (unpaired) electrons. The van der Waals surface area contributed by atoms with Crippen molar-refractivity contribution in [3.05, 3.63) is 29.5 Å². The monoisotopic (exact) mass is 235 g/mol. The molecule has 1 aromatic heterocycles. The maximum absolute atomic E-state index is 10.8. The number of carboxylic acid groups (broad SMARTS) is 1. The summed E-state index contributed by atoms with van der Waals surface area (Å²) < 4.78 is 5.18. The minimum atomic E-state index is -1.54. The van der Waals surface area contributed by atoms with E-state index in [0.717, 1.165) is 16.5 Å². The molecule has 1 aromatic carbocycles. The molecule has 2 rings (SSSR count). The first-order valence-electron chi connectivity index (χ1n) is 5.11. The van der Waals surface area contributed by atoms with Crippen LogP contribution in [0.1, 0.15) is 17.2 Å². The van der Waals surface area contributed by atoms with Crippen molar-refractivity contribution in [1.29, 1.82) is 0 Å². The van der Waals surface area contributed by atoms with Crippen LogP contribution < -0.4 is 4.74 Å². The second-order valence-corrected chi connectivity index (χ2v) is 3.86. The molecule has 0 aliphatic rings. The Balaban J connectivity index is 2.66. The number of aliphatic hydroxyl groups is 1. The lowest BCUT2D eigenvalue weighted by atomic mass is 10.0. The topological polar surface area (TPSA) is 82.6 Å². The van der Waals surface area contributed by atoms with E-state index in [4.69, 9.17) is 9.84 Å². The standard InChI is InChI=1S/C12H13NO4/c1-6-5-13-10-8(6)3-7(4-9(10)17-2)11(14)12(15)16/h3-5,11,13-14H,1-2H3,(H,15,16). The predicted molar refractivity (Wildman–Crippen MR) is 62.2 cm³/mol. The SMILES string of the molecule is COc1cc(C(O)C(=O)O)cc2c(C)c[nH]c12. The van der Waals surface area contributed by atoms with Gasteiger partial charge in [-0.3, -0.25) is 0 Å². The first kappa shape index (κ1) is 11.5. The van der Waals surface area contributed by atoms with Gasteiger partial charge in [0.2, 0.25) is 0 Å². The number of carbonyl (C=O) groups is 1. The lowest BCUT2D eigenvalue weighted by Gasteiger charge is -2.09. The molecule has 1 unspecified atom stereocenters. The second-order valence-electron chi connectivity index (χ2n) is 3.86. The number of rotatable bonds is 3. The van der Waals surface area contributed by atoms with Crippen molar-refractivity contribution in [2.24, 2.45) is 0 Å². The summed E-state index contributed by atoms with van der Waals surface area (Å²) in [4.78, 5) is 13.8. The maximum Gasteiger partial charge on any atom is 0.337 e. The number of H-pyrrole nitrogens is 1. The van der Waals surface area contributed by atoms with Gasteiger partial charge in [-0.05, 0) is 30.2 Å². The first-order valence-corrected chi connectivity index (χ1v) is 5.11. The molecule has 0 saturated carbocycles. The number of aliphatic carboxylic acids is 1. The molecule has 2 aromatic rings. The first-order chi connectivity index (χ1) is 8.04. The van der Waals surface area contributed by atoms with Crippen LogP contribution in [0, 0.1) is 6.92 Å². The second kappa shape index (κ2) is 4.10. The van der Waals surface area contributed by atoms with E-state index in [1.807, 2.05) is 13.1 Å². The molecule has 3 N–H and O–H groups in total. The molecule has 0 saturated heterocycles. The summed E-state index contributed by atoms with van der Waals surface area (Å²) in [5.41, 5.74) is 2.08. The summed E-state index contributed by atoms with van der Waals surface area (Å²) in [6.07, 6.45) is 0.270. The zero-order chi connectivity index (χ0) is 12.6. The summed E-state index contributed by atoms with van der Waals surface area (Å²) in [6.45, 7) is 1.90. The van der Waals surface area contributed by atoms with E-state index in [0.29, 0.717) is 11.3 Å². The largest absolute Gasteiger partial charge is 0.495 e. The number of nitrogens with one attached hydrogen (secondary N) is 1. The third kappa shape index (κ3) is 1.85. The van der Waals surface area contributed by atoms with Crippen LogP contribution in [0.25, 0.3) is 10.9 Å². The number of aliphatic hydroxyl groups excluding tert-OH is 1. The molecular formula is C12H13NO4. The number of carboxylic acids is 1. The van der Waals surface area contributed by atoms with Gasteiger partial charge in [-0.1, -0.05) is 0 Å². The van der Waals surface area contributed by atoms with Crippen LogP contribution in [0.5, 0.6) is 5.75 Å². The van der Waals surface area contributed by atoms with Crippen LogP contribution in [0.15, 0.2) is 18.3 Å². The van der Waals surface area contributed by atoms with Crippen LogP contribution >= 0.6 is 0 Å². The quantitative estimate of drug-likeness (QED) is 0.754. The number of aromatic nitrogens is 1. The Labute approximate surface area is 97.6 Å². The summed E-state index contributed by atoms with van der Waals surface area (Å²) in [5, 5.41) is 19.2. The Morgan fingerprint density at radius 1 is 1.47 bits per heavy atom. The van der Waals surface area contributed by atoms with Crippen molar-refractivity contribution in [2.45, 2.75) is 13.0 Å². The van der Waals surface area contributed by atoms with Crippen LogP contribution in [-0.2, 0) is 4.79 Å². The number of fused-ring (bicyclic) bond motifs is 1. The molecule has 5 heteroatoms. The highest BCUT2D eigenvalue weighted by molar-refractivity contribution is 5.90. The van der Waals surface area contributed by atoms with Gasteiger partial charge in [0, 0.05) is 11.6 Å². The molecule has 0 fully saturated rings. The zero-order valence-corrected chi connectivity index (χ0v) is 9.52. The van der Waals surface area contributed by atoms with E-state index < -0.39 is 12.1 Å². The number of hydrogen-bond donors (Lipinski definition) is 3. The number of aromatic amines is 1. The number of hydrogen-bond acceptors (Lipinski definition) is 3. The van der Waals surface area contributed by atoms with Gasteiger partial charge in [-0.15, -0.1) is 0 Å². The summed E-state index contributed by atoms with van der Waals surface area (Å²) in [7, 11) is 1.50. The Kier molecular flexibility index (Phi) is 2.77. The molecule has 0 spiro atoms. The van der Waals surface area contributed by atoms with Crippen LogP contribution in [0.3, 0.4) is 0 Å². The Hall–Kier alpha value is -2.01. The van der Waals surface area contributed by atoms with Gasteiger partial charge in [0.25, 0.3) is 0 Å². The van der Waals surface area contributed by atoms with Crippen molar-refractivity contribution in [1.82, 2.24) is 4.98 Å². The number of methoxy groups -OCH3 is 1. The third-order valence-electron chi connectivity index (χ3n) is 2.75. The van der Waals surface area contributed by atoms with Gasteiger partial charge < -0.3 is 19.9 Å². The normalized spacial score (nSPS) is 12.6. The van der Waals surface area contributed by atoms with E-state index in [9.17, 15) is 9.90 Å². The fourth-order valence-electron chi connectivity index (χ4n) is 1.82. The molecule has 0 aliphatic heterocycles. The number of aryl methyl sites for hydroxylation is 1. The average Bonchev–Trinajstić information content (AvgIpc) is 2.69. The summed E-state index contributed by atoms with van der Waals surface area (Å²) in [5.74, 6) is -0.759. The van der Waals surface area contributed by atoms with E-state index in [1.165, 1.54) is 13.2 Å². The maximum atomic E-state index is 10.8. The van der Waals surface area contributed by atoms with Crippen molar-refractivity contribution in [3.8, 4) is 5.75 Å². The van der Waals surface area contributed by atoms with E-state index in [-0.39, 0.29) is 0 Å². The molecule has 0 aliphatic carbocycles. The van der Waals surface area contributed by atoms with Crippen molar-refractivity contribution in [2.75, 3.05) is 7.11 Å². The van der Waals surface area contributed by atoms with Gasteiger partial charge in [-0.25, -0.2) is 4.79 Å². The molecule has 17 heavy (non-hydrogen) atoms. The Bertz CT molecular complexity index is 573. The Morgan fingerprint density at radius 3 is 2.76 bits per heavy atom. The van der Waals surface area contributed by atoms with Gasteiger partial charge in [-0.2, -0.15) is 0 Å². The van der Waals surface area contributed by atoms with Gasteiger partial charge in [0.1, 0.15) is 5.75 Å². The molecule has 90 valence electrons. The van der Waals surface area contributed by atoms with E-state index in [1.54, 1.807) is 6.07 Å². The molecule has 0 amide bonds. The van der Waals surface area contributed by atoms with E-state index in [2.05, 4.69) is 4.98 Å². The highest BCUT2D eigenvalue weighted by atomic mass is 16.5. The van der Waals surface area contributed by atoms with Gasteiger partial charge >= 0.3 is 5.97 Å². The van der Waals surface area contributed by atoms with Crippen molar-refractivity contribution < 1.29 is 19.7 Å². The average molecular weight is 235 g/mol. The van der Waals surface area contributed by atoms with Crippen LogP contribution in [-0.4, -0.2) is 28.3 Å². The van der Waals surface area contributed by atoms with Gasteiger partial charge in [0.15, 0.2) is 6.10 Å². The molecular weight excluding hydrogens is 222 g/mol. The lowest BCUT2D eigenvalue weighted by Crippen LogP contribution is -2.10. The fraction of sp³-hybridized carbons (Fsp3) is 0.250. The molecule has 1 atom stereocenters. The summed E-state index contributed by atoms with van der Waals surface area (Å²) >= 11 is 0. The smallest absolute Gasteiger partial charge is 0.337 e. The van der Waals surface area contributed by atoms with Crippen molar-refractivity contribution in [3.63, 3.8) is 0 Å². The van der Waals surface area contributed by atoms with Gasteiger partial charge in [0.05, 0.1) is 12.6 Å². The predicted octanol–water partition coefficient (Wildman–Crippen LogP) is 1.60. The molecule has 0 bridgehead atoms. The van der Waals surface area contributed by atoms with Crippen molar-refractivity contribution >= 4 is 16.9 Å².